The quantitative estimate of drug-likeness (QED) is 0.237. The minimum absolute atomic E-state index is 0.0781. The van der Waals surface area contributed by atoms with Crippen LogP contribution in [0.4, 0.5) is 0 Å². The lowest BCUT2D eigenvalue weighted by Gasteiger charge is -2.27. The Labute approximate surface area is 229 Å². The van der Waals surface area contributed by atoms with Crippen molar-refractivity contribution in [3.8, 4) is 44.6 Å². The van der Waals surface area contributed by atoms with Crippen LogP contribution in [0.2, 0.25) is 0 Å². The van der Waals surface area contributed by atoms with E-state index >= 15 is 0 Å². The fourth-order valence-electron chi connectivity index (χ4n) is 6.86. The van der Waals surface area contributed by atoms with Gasteiger partial charge in [0.1, 0.15) is 0 Å². The van der Waals surface area contributed by atoms with Crippen LogP contribution in [0.15, 0.2) is 140 Å². The molecule has 0 saturated heterocycles. The van der Waals surface area contributed by atoms with Crippen LogP contribution in [0.1, 0.15) is 22.3 Å². The molecule has 0 atom stereocenters. The first-order valence-corrected chi connectivity index (χ1v) is 13.7. The predicted molar refractivity (Wildman–Crippen MR) is 161 cm³/mol. The first-order valence-electron chi connectivity index (χ1n) is 13.7. The maximum absolute atomic E-state index is 4.63. The van der Waals surface area contributed by atoms with Crippen molar-refractivity contribution in [2.24, 2.45) is 0 Å². The van der Waals surface area contributed by atoms with Crippen molar-refractivity contribution < 1.29 is 0 Å². The molecule has 1 aromatic heterocycles. The van der Waals surface area contributed by atoms with Crippen molar-refractivity contribution in [2.75, 3.05) is 0 Å². The highest BCUT2D eigenvalue weighted by Gasteiger charge is 2.47. The van der Waals surface area contributed by atoms with Gasteiger partial charge in [-0.3, -0.25) is 4.98 Å². The number of hydrogen-bond donors (Lipinski definition) is 0. The van der Waals surface area contributed by atoms with E-state index in [9.17, 15) is 0 Å². The van der Waals surface area contributed by atoms with Crippen LogP contribution in [-0.2, 0) is 18.3 Å². The van der Waals surface area contributed by atoms with Crippen molar-refractivity contribution in [3.05, 3.63) is 162 Å². The third kappa shape index (κ3) is 3.51. The second kappa shape index (κ2) is 8.64. The zero-order chi connectivity index (χ0) is 25.8. The SMILES string of the molecule is c1ccc(-c2ccc3c(c2)C2(Cc4ccc(-c5ccccn5)cc4C2)c2cc(-c4ccccc4)ccc2-3)cc1. The van der Waals surface area contributed by atoms with E-state index in [1.54, 1.807) is 0 Å². The number of nitrogens with zero attached hydrogens (tertiary/aromatic N) is 1. The van der Waals surface area contributed by atoms with Gasteiger partial charge in [0, 0.05) is 17.2 Å². The molecule has 39 heavy (non-hydrogen) atoms. The van der Waals surface area contributed by atoms with Crippen LogP contribution in [0.5, 0.6) is 0 Å². The average molecular weight is 498 g/mol. The van der Waals surface area contributed by atoms with Gasteiger partial charge in [-0.1, -0.05) is 103 Å². The molecular formula is C38H27N. The van der Waals surface area contributed by atoms with Crippen LogP contribution in [0.3, 0.4) is 0 Å². The molecular weight excluding hydrogens is 470 g/mol. The molecule has 1 heterocycles. The Morgan fingerprint density at radius 1 is 0.436 bits per heavy atom. The summed E-state index contributed by atoms with van der Waals surface area (Å²) < 4.78 is 0. The maximum Gasteiger partial charge on any atom is 0.0702 e. The third-order valence-electron chi connectivity index (χ3n) is 8.73. The molecule has 2 aliphatic carbocycles. The van der Waals surface area contributed by atoms with Gasteiger partial charge in [-0.25, -0.2) is 0 Å². The largest absolute Gasteiger partial charge is 0.256 e. The summed E-state index contributed by atoms with van der Waals surface area (Å²) in [4.78, 5) is 4.63. The standard InChI is InChI=1S/C38H27N/c1-3-9-26(10-4-1)28-16-18-33-34-19-17-29(27-11-5-2-6-12-27)23-36(34)38(35(33)22-28)24-31-15-14-30(21-32(31)25-38)37-13-7-8-20-39-37/h1-23H,24-25H2. The lowest BCUT2D eigenvalue weighted by molar-refractivity contribution is 0.564. The fraction of sp³-hybridized carbons (Fsp3) is 0.0789. The first-order chi connectivity index (χ1) is 19.3. The van der Waals surface area contributed by atoms with E-state index in [2.05, 4.69) is 132 Å². The number of rotatable bonds is 3. The molecule has 0 N–H and O–H groups in total. The molecule has 1 heteroatoms. The maximum atomic E-state index is 4.63. The average Bonchev–Trinajstić information content (AvgIpc) is 3.53. The van der Waals surface area contributed by atoms with Gasteiger partial charge in [-0.2, -0.15) is 0 Å². The van der Waals surface area contributed by atoms with Crippen molar-refractivity contribution in [3.63, 3.8) is 0 Å². The van der Waals surface area contributed by atoms with Gasteiger partial charge in [0.25, 0.3) is 0 Å². The van der Waals surface area contributed by atoms with Crippen molar-refractivity contribution >= 4 is 0 Å². The van der Waals surface area contributed by atoms with Crippen molar-refractivity contribution in [1.82, 2.24) is 4.98 Å². The molecule has 5 aromatic carbocycles. The number of fused-ring (bicyclic) bond motifs is 6. The Hall–Kier alpha value is -4.75. The molecule has 0 fully saturated rings. The minimum atomic E-state index is -0.0781. The summed E-state index contributed by atoms with van der Waals surface area (Å²) in [5.74, 6) is 0. The smallest absolute Gasteiger partial charge is 0.0702 e. The summed E-state index contributed by atoms with van der Waals surface area (Å²) in [7, 11) is 0. The van der Waals surface area contributed by atoms with Crippen molar-refractivity contribution in [1.29, 1.82) is 0 Å². The lowest BCUT2D eigenvalue weighted by Crippen LogP contribution is -2.26. The van der Waals surface area contributed by atoms with Gasteiger partial charge >= 0.3 is 0 Å². The Morgan fingerprint density at radius 3 is 1.59 bits per heavy atom. The van der Waals surface area contributed by atoms with Gasteiger partial charge < -0.3 is 0 Å². The van der Waals surface area contributed by atoms with E-state index in [1.807, 2.05) is 12.3 Å². The van der Waals surface area contributed by atoms with Gasteiger partial charge in [0.05, 0.1) is 5.69 Å². The van der Waals surface area contributed by atoms with Crippen molar-refractivity contribution in [2.45, 2.75) is 18.3 Å². The summed E-state index contributed by atoms with van der Waals surface area (Å²) in [5.41, 5.74) is 15.8. The highest BCUT2D eigenvalue weighted by Crippen LogP contribution is 2.56. The minimum Gasteiger partial charge on any atom is -0.256 e. The summed E-state index contributed by atoms with van der Waals surface area (Å²) in [6.45, 7) is 0. The molecule has 0 amide bonds. The van der Waals surface area contributed by atoms with Crippen LogP contribution < -0.4 is 0 Å². The van der Waals surface area contributed by atoms with E-state index in [1.165, 1.54) is 61.2 Å². The van der Waals surface area contributed by atoms with Crippen LogP contribution in [0, 0.1) is 0 Å². The summed E-state index contributed by atoms with van der Waals surface area (Å²) in [6.07, 6.45) is 3.89. The number of pyridine rings is 1. The summed E-state index contributed by atoms with van der Waals surface area (Å²) >= 11 is 0. The highest BCUT2D eigenvalue weighted by molar-refractivity contribution is 5.87. The molecule has 184 valence electrons. The van der Waals surface area contributed by atoms with Gasteiger partial charge in [-0.15, -0.1) is 0 Å². The van der Waals surface area contributed by atoms with Crippen LogP contribution in [0.25, 0.3) is 44.6 Å². The van der Waals surface area contributed by atoms with Crippen LogP contribution in [-0.4, -0.2) is 4.98 Å². The molecule has 0 aliphatic heterocycles. The van der Waals surface area contributed by atoms with Gasteiger partial charge in [0.2, 0.25) is 0 Å². The molecule has 0 unspecified atom stereocenters. The van der Waals surface area contributed by atoms with E-state index in [-0.39, 0.29) is 5.41 Å². The summed E-state index contributed by atoms with van der Waals surface area (Å²) in [5, 5.41) is 0. The normalized spacial score (nSPS) is 14.2. The molecule has 0 bridgehead atoms. The predicted octanol–water partition coefficient (Wildman–Crippen LogP) is 9.15. The molecule has 6 aromatic rings. The number of benzene rings is 5. The monoisotopic (exact) mass is 497 g/mol. The van der Waals surface area contributed by atoms with E-state index in [0.29, 0.717) is 0 Å². The Bertz CT molecular complexity index is 1750. The number of aromatic nitrogens is 1. The van der Waals surface area contributed by atoms with E-state index in [4.69, 9.17) is 0 Å². The third-order valence-corrected chi connectivity index (χ3v) is 8.73. The Balaban J connectivity index is 1.32. The van der Waals surface area contributed by atoms with Gasteiger partial charge in [0.15, 0.2) is 0 Å². The second-order valence-electron chi connectivity index (χ2n) is 10.9. The first kappa shape index (κ1) is 22.3. The Kier molecular flexibility index (Phi) is 4.93. The molecule has 0 saturated carbocycles. The topological polar surface area (TPSA) is 12.9 Å². The second-order valence-corrected chi connectivity index (χ2v) is 10.9. The Morgan fingerprint density at radius 2 is 1.00 bits per heavy atom. The fourth-order valence-corrected chi connectivity index (χ4v) is 6.86. The molecule has 1 nitrogen and oxygen atoms in total. The van der Waals surface area contributed by atoms with Gasteiger partial charge in [-0.05, 0) is 98.8 Å². The molecule has 8 rings (SSSR count). The van der Waals surface area contributed by atoms with Crippen LogP contribution >= 0.6 is 0 Å². The zero-order valence-electron chi connectivity index (χ0n) is 21.6. The molecule has 2 aliphatic rings. The lowest BCUT2D eigenvalue weighted by atomic mass is 9.74. The van der Waals surface area contributed by atoms with E-state index in [0.717, 1.165) is 18.5 Å². The highest BCUT2D eigenvalue weighted by atomic mass is 14.7. The number of hydrogen-bond acceptors (Lipinski definition) is 1. The van der Waals surface area contributed by atoms with E-state index < -0.39 is 0 Å². The molecule has 0 radical (unpaired) electrons. The summed E-state index contributed by atoms with van der Waals surface area (Å²) in [6, 6.07) is 48.9. The molecule has 1 spiro atoms. The zero-order valence-corrected chi connectivity index (χ0v) is 21.6.